The Morgan fingerprint density at radius 2 is 1.65 bits per heavy atom. The molecule has 1 heterocycles. The largest absolute Gasteiger partial charge is 0.493 e. The van der Waals surface area contributed by atoms with Gasteiger partial charge in [0.05, 0.1) is 12.2 Å². The fourth-order valence-corrected chi connectivity index (χ4v) is 3.63. The molecule has 2 aromatic carbocycles. The Labute approximate surface area is 164 Å². The topological polar surface area (TPSA) is 32.8 Å². The molecule has 1 saturated heterocycles. The van der Waals surface area contributed by atoms with E-state index in [-0.39, 0.29) is 5.91 Å². The second-order valence-corrected chi connectivity index (χ2v) is 7.01. The molecule has 0 spiro atoms. The lowest BCUT2D eigenvalue weighted by molar-refractivity contribution is 0.0624. The molecule has 0 aliphatic carbocycles. The van der Waals surface area contributed by atoms with E-state index in [9.17, 15) is 4.79 Å². The Morgan fingerprint density at radius 1 is 1.00 bits per heavy atom. The van der Waals surface area contributed by atoms with Crippen molar-refractivity contribution in [3.05, 3.63) is 63.6 Å². The standard InChI is InChI=1S/C20H22Cl2N2O2/c1-2-26-19-9-4-3-6-15(19)20(25)24-12-10-23(11-13-24)14-16-17(21)7-5-8-18(16)22/h3-9H,2,10-14H2,1H3. The number of nitrogens with zero attached hydrogens (tertiary/aromatic N) is 2. The zero-order chi connectivity index (χ0) is 18.5. The molecule has 1 aliphatic heterocycles. The van der Waals surface area contributed by atoms with Crippen LogP contribution in [0.15, 0.2) is 42.5 Å². The third-order valence-corrected chi connectivity index (χ3v) is 5.23. The van der Waals surface area contributed by atoms with Gasteiger partial charge in [-0.15, -0.1) is 0 Å². The maximum atomic E-state index is 12.9. The van der Waals surface area contributed by atoms with Crippen molar-refractivity contribution in [3.63, 3.8) is 0 Å². The number of ether oxygens (including phenoxy) is 1. The van der Waals surface area contributed by atoms with Gasteiger partial charge in [0.15, 0.2) is 0 Å². The van der Waals surface area contributed by atoms with Gasteiger partial charge in [-0.25, -0.2) is 0 Å². The highest BCUT2D eigenvalue weighted by Gasteiger charge is 2.24. The van der Waals surface area contributed by atoms with Crippen molar-refractivity contribution in [1.82, 2.24) is 9.80 Å². The van der Waals surface area contributed by atoms with Crippen LogP contribution in [0.3, 0.4) is 0 Å². The van der Waals surface area contributed by atoms with Gasteiger partial charge in [-0.2, -0.15) is 0 Å². The van der Waals surface area contributed by atoms with E-state index in [2.05, 4.69) is 4.90 Å². The van der Waals surface area contributed by atoms with Crippen LogP contribution < -0.4 is 4.74 Å². The van der Waals surface area contributed by atoms with Crippen LogP contribution in [0.2, 0.25) is 10.0 Å². The van der Waals surface area contributed by atoms with E-state index in [1.807, 2.05) is 54.3 Å². The average molecular weight is 393 g/mol. The molecule has 26 heavy (non-hydrogen) atoms. The van der Waals surface area contributed by atoms with E-state index >= 15 is 0 Å². The number of halogens is 2. The quantitative estimate of drug-likeness (QED) is 0.757. The lowest BCUT2D eigenvalue weighted by Gasteiger charge is -2.35. The molecule has 0 saturated carbocycles. The van der Waals surface area contributed by atoms with Gasteiger partial charge in [-0.1, -0.05) is 41.4 Å². The second-order valence-electron chi connectivity index (χ2n) is 6.20. The summed E-state index contributed by atoms with van der Waals surface area (Å²) in [6.07, 6.45) is 0. The molecule has 0 unspecified atom stereocenters. The Bertz CT molecular complexity index is 754. The molecule has 0 N–H and O–H groups in total. The van der Waals surface area contributed by atoms with Gasteiger partial charge in [-0.05, 0) is 31.2 Å². The van der Waals surface area contributed by atoms with Crippen LogP contribution >= 0.6 is 23.2 Å². The molecule has 6 heteroatoms. The van der Waals surface area contributed by atoms with Gasteiger partial charge in [-0.3, -0.25) is 9.69 Å². The fourth-order valence-electron chi connectivity index (χ4n) is 3.11. The third-order valence-electron chi connectivity index (χ3n) is 4.52. The highest BCUT2D eigenvalue weighted by Crippen LogP contribution is 2.26. The minimum absolute atomic E-state index is 0.0180. The van der Waals surface area contributed by atoms with Crippen molar-refractivity contribution >= 4 is 29.1 Å². The third kappa shape index (κ3) is 4.32. The summed E-state index contributed by atoms with van der Waals surface area (Å²) < 4.78 is 5.59. The second kappa shape index (κ2) is 8.76. The van der Waals surface area contributed by atoms with Crippen LogP contribution in [0.5, 0.6) is 5.75 Å². The summed E-state index contributed by atoms with van der Waals surface area (Å²) in [5.41, 5.74) is 1.56. The van der Waals surface area contributed by atoms with Crippen molar-refractivity contribution in [3.8, 4) is 5.75 Å². The first-order valence-corrected chi connectivity index (χ1v) is 9.52. The van der Waals surface area contributed by atoms with Gasteiger partial charge >= 0.3 is 0 Å². The summed E-state index contributed by atoms with van der Waals surface area (Å²) in [7, 11) is 0. The van der Waals surface area contributed by atoms with E-state index in [1.165, 1.54) is 0 Å². The van der Waals surface area contributed by atoms with E-state index in [0.717, 1.165) is 18.7 Å². The van der Waals surface area contributed by atoms with Crippen molar-refractivity contribution < 1.29 is 9.53 Å². The van der Waals surface area contributed by atoms with E-state index in [1.54, 1.807) is 0 Å². The summed E-state index contributed by atoms with van der Waals surface area (Å²) in [6, 6.07) is 13.0. The van der Waals surface area contributed by atoms with E-state index in [4.69, 9.17) is 27.9 Å². The van der Waals surface area contributed by atoms with Crippen LogP contribution in [0, 0.1) is 0 Å². The Kier molecular flexibility index (Phi) is 6.41. The lowest BCUT2D eigenvalue weighted by atomic mass is 10.1. The van der Waals surface area contributed by atoms with Crippen LogP contribution in [0.1, 0.15) is 22.8 Å². The van der Waals surface area contributed by atoms with Crippen LogP contribution in [-0.4, -0.2) is 48.5 Å². The maximum Gasteiger partial charge on any atom is 0.257 e. The Balaban J connectivity index is 1.63. The lowest BCUT2D eigenvalue weighted by Crippen LogP contribution is -2.48. The van der Waals surface area contributed by atoms with Crippen molar-refractivity contribution in [2.45, 2.75) is 13.5 Å². The molecule has 0 aromatic heterocycles. The highest BCUT2D eigenvalue weighted by atomic mass is 35.5. The Hall–Kier alpha value is -1.75. The predicted octanol–water partition coefficient (Wildman–Crippen LogP) is 4.35. The number of carbonyl (C=O) groups excluding carboxylic acids is 1. The van der Waals surface area contributed by atoms with Gasteiger partial charge in [0.2, 0.25) is 0 Å². The Morgan fingerprint density at radius 3 is 2.31 bits per heavy atom. The molecule has 0 atom stereocenters. The fraction of sp³-hybridized carbons (Fsp3) is 0.350. The van der Waals surface area contributed by atoms with Crippen LogP contribution in [-0.2, 0) is 6.54 Å². The molecular weight excluding hydrogens is 371 g/mol. The summed E-state index contributed by atoms with van der Waals surface area (Å²) in [6.45, 7) is 6.05. The van der Waals surface area contributed by atoms with Gasteiger partial charge < -0.3 is 9.64 Å². The number of hydrogen-bond acceptors (Lipinski definition) is 3. The number of para-hydroxylation sites is 1. The molecule has 1 fully saturated rings. The number of benzene rings is 2. The molecule has 1 aliphatic rings. The SMILES string of the molecule is CCOc1ccccc1C(=O)N1CCN(Cc2c(Cl)cccc2Cl)CC1. The van der Waals surface area contributed by atoms with Gasteiger partial charge in [0.1, 0.15) is 5.75 Å². The molecule has 0 bridgehead atoms. The zero-order valence-corrected chi connectivity index (χ0v) is 16.3. The molecule has 0 radical (unpaired) electrons. The van der Waals surface area contributed by atoms with Crippen molar-refractivity contribution in [2.24, 2.45) is 0 Å². The summed E-state index contributed by atoms with van der Waals surface area (Å²) in [5.74, 6) is 0.662. The summed E-state index contributed by atoms with van der Waals surface area (Å²) in [5, 5.41) is 1.36. The van der Waals surface area contributed by atoms with E-state index < -0.39 is 0 Å². The molecule has 4 nitrogen and oxygen atoms in total. The molecule has 2 aromatic rings. The maximum absolute atomic E-state index is 12.9. The van der Waals surface area contributed by atoms with Gasteiger partial charge in [0, 0.05) is 48.3 Å². The minimum atomic E-state index is 0.0180. The van der Waals surface area contributed by atoms with Crippen molar-refractivity contribution in [2.75, 3.05) is 32.8 Å². The summed E-state index contributed by atoms with van der Waals surface area (Å²) in [4.78, 5) is 17.0. The first-order chi connectivity index (χ1) is 12.6. The van der Waals surface area contributed by atoms with Crippen LogP contribution in [0.4, 0.5) is 0 Å². The number of piperazine rings is 1. The van der Waals surface area contributed by atoms with Crippen LogP contribution in [0.25, 0.3) is 0 Å². The van der Waals surface area contributed by atoms with E-state index in [0.29, 0.717) is 47.6 Å². The normalized spacial score (nSPS) is 15.1. The van der Waals surface area contributed by atoms with Crippen molar-refractivity contribution in [1.29, 1.82) is 0 Å². The number of hydrogen-bond donors (Lipinski definition) is 0. The van der Waals surface area contributed by atoms with Gasteiger partial charge in [0.25, 0.3) is 5.91 Å². The summed E-state index contributed by atoms with van der Waals surface area (Å²) >= 11 is 12.5. The number of carbonyl (C=O) groups is 1. The number of amides is 1. The predicted molar refractivity (Wildman–Crippen MR) is 105 cm³/mol. The molecular formula is C20H22Cl2N2O2. The minimum Gasteiger partial charge on any atom is -0.493 e. The average Bonchev–Trinajstić information content (AvgIpc) is 2.66. The molecule has 3 rings (SSSR count). The first kappa shape index (κ1) is 19.0. The molecule has 138 valence electrons. The smallest absolute Gasteiger partial charge is 0.257 e. The zero-order valence-electron chi connectivity index (χ0n) is 14.8. The monoisotopic (exact) mass is 392 g/mol. The number of rotatable bonds is 5. The highest BCUT2D eigenvalue weighted by molar-refractivity contribution is 6.35. The molecule has 1 amide bonds. The first-order valence-electron chi connectivity index (χ1n) is 8.76.